The Morgan fingerprint density at radius 1 is 1.38 bits per heavy atom. The number of hydrogen-bond donors (Lipinski definition) is 2. The van der Waals surface area contributed by atoms with Gasteiger partial charge in [0.25, 0.3) is 0 Å². The summed E-state index contributed by atoms with van der Waals surface area (Å²) in [5.74, 6) is -0.0506. The molecule has 6 nitrogen and oxygen atoms in total. The standard InChI is InChI=1S/C19H20FN5O/c1-12(26)15-5-4-13(9-17(15)20)16-11-22-25-8-6-18(24-19(16)25)23-14-3-2-7-21-10-14/h4-6,8-9,11,14,21H,2-3,7,10H2,1H3,(H,23,24). The summed E-state index contributed by atoms with van der Waals surface area (Å²) in [5.41, 5.74) is 2.11. The van der Waals surface area contributed by atoms with Gasteiger partial charge in [0.05, 0.1) is 11.8 Å². The molecule has 26 heavy (non-hydrogen) atoms. The zero-order chi connectivity index (χ0) is 18.1. The summed E-state index contributed by atoms with van der Waals surface area (Å²) in [6.45, 7) is 3.32. The monoisotopic (exact) mass is 353 g/mol. The third kappa shape index (κ3) is 3.17. The molecule has 1 saturated heterocycles. The lowest BCUT2D eigenvalue weighted by Crippen LogP contribution is -2.38. The van der Waals surface area contributed by atoms with E-state index in [1.54, 1.807) is 16.8 Å². The number of ketones is 1. The number of aromatic nitrogens is 3. The summed E-state index contributed by atoms with van der Waals surface area (Å²) in [6, 6.07) is 6.83. The van der Waals surface area contributed by atoms with E-state index in [9.17, 15) is 9.18 Å². The number of Topliss-reactive ketones (excluding diaryl/α,β-unsaturated/α-hetero) is 1. The topological polar surface area (TPSA) is 71.3 Å². The molecule has 1 unspecified atom stereocenters. The van der Waals surface area contributed by atoms with E-state index in [0.717, 1.165) is 37.3 Å². The van der Waals surface area contributed by atoms with Gasteiger partial charge in [-0.1, -0.05) is 6.07 Å². The fourth-order valence-electron chi connectivity index (χ4n) is 3.31. The minimum Gasteiger partial charge on any atom is -0.366 e. The van der Waals surface area contributed by atoms with Crippen molar-refractivity contribution in [2.24, 2.45) is 0 Å². The van der Waals surface area contributed by atoms with E-state index in [4.69, 9.17) is 0 Å². The molecule has 1 aliphatic rings. The molecular weight excluding hydrogens is 333 g/mol. The number of benzene rings is 1. The maximum absolute atomic E-state index is 14.2. The molecule has 1 aliphatic heterocycles. The van der Waals surface area contributed by atoms with E-state index in [0.29, 0.717) is 17.3 Å². The SMILES string of the molecule is CC(=O)c1ccc(-c2cnn3ccc(NC4CCCNC4)nc23)cc1F. The highest BCUT2D eigenvalue weighted by Crippen LogP contribution is 2.26. The van der Waals surface area contributed by atoms with Crippen molar-refractivity contribution < 1.29 is 9.18 Å². The van der Waals surface area contributed by atoms with Crippen LogP contribution in [0.2, 0.25) is 0 Å². The first-order valence-corrected chi connectivity index (χ1v) is 8.74. The van der Waals surface area contributed by atoms with Crippen LogP contribution in [0.4, 0.5) is 10.2 Å². The van der Waals surface area contributed by atoms with Gasteiger partial charge < -0.3 is 10.6 Å². The first-order chi connectivity index (χ1) is 12.6. The zero-order valence-corrected chi connectivity index (χ0v) is 14.5. The molecule has 0 amide bonds. The second-order valence-electron chi connectivity index (χ2n) is 6.58. The van der Waals surface area contributed by atoms with Gasteiger partial charge in [-0.25, -0.2) is 13.9 Å². The minimum absolute atomic E-state index is 0.0883. The number of nitrogens with one attached hydrogen (secondary N) is 2. The summed E-state index contributed by atoms with van der Waals surface area (Å²) in [5, 5.41) is 11.1. The molecule has 0 bridgehead atoms. The Labute approximate surface area is 150 Å². The molecule has 1 aromatic carbocycles. The molecule has 1 fully saturated rings. The predicted molar refractivity (Wildman–Crippen MR) is 97.9 cm³/mol. The van der Waals surface area contributed by atoms with Gasteiger partial charge in [0.15, 0.2) is 11.4 Å². The first kappa shape index (κ1) is 16.7. The molecule has 3 heterocycles. The van der Waals surface area contributed by atoms with Crippen LogP contribution in [0.3, 0.4) is 0 Å². The molecule has 7 heteroatoms. The van der Waals surface area contributed by atoms with Crippen LogP contribution in [0, 0.1) is 5.82 Å². The summed E-state index contributed by atoms with van der Waals surface area (Å²) in [6.07, 6.45) is 5.74. The Hall–Kier alpha value is -2.80. The smallest absolute Gasteiger partial charge is 0.165 e. The van der Waals surface area contributed by atoms with Crippen molar-refractivity contribution in [3.63, 3.8) is 0 Å². The van der Waals surface area contributed by atoms with Crippen LogP contribution < -0.4 is 10.6 Å². The molecule has 0 radical (unpaired) electrons. The van der Waals surface area contributed by atoms with E-state index in [2.05, 4.69) is 20.7 Å². The summed E-state index contributed by atoms with van der Waals surface area (Å²) in [4.78, 5) is 16.1. The van der Waals surface area contributed by atoms with Crippen LogP contribution in [0.5, 0.6) is 0 Å². The van der Waals surface area contributed by atoms with Crippen molar-refractivity contribution in [2.45, 2.75) is 25.8 Å². The Bertz CT molecular complexity index is 962. The van der Waals surface area contributed by atoms with Crippen LogP contribution in [0.15, 0.2) is 36.7 Å². The van der Waals surface area contributed by atoms with E-state index in [-0.39, 0.29) is 11.3 Å². The number of fused-ring (bicyclic) bond motifs is 1. The number of anilines is 1. The summed E-state index contributed by atoms with van der Waals surface area (Å²) in [7, 11) is 0. The Balaban J connectivity index is 1.68. The van der Waals surface area contributed by atoms with Crippen molar-refractivity contribution in [3.8, 4) is 11.1 Å². The highest BCUT2D eigenvalue weighted by molar-refractivity contribution is 5.95. The second-order valence-corrected chi connectivity index (χ2v) is 6.58. The number of halogens is 1. The third-order valence-electron chi connectivity index (χ3n) is 4.68. The number of rotatable bonds is 4. The van der Waals surface area contributed by atoms with Crippen molar-refractivity contribution in [3.05, 3.63) is 48.0 Å². The van der Waals surface area contributed by atoms with Gasteiger partial charge in [-0.05, 0) is 50.1 Å². The first-order valence-electron chi connectivity index (χ1n) is 8.74. The number of hydrogen-bond acceptors (Lipinski definition) is 5. The minimum atomic E-state index is -0.531. The van der Waals surface area contributed by atoms with E-state index >= 15 is 0 Å². The van der Waals surface area contributed by atoms with Gasteiger partial charge in [-0.2, -0.15) is 5.10 Å². The summed E-state index contributed by atoms with van der Waals surface area (Å²) < 4.78 is 15.9. The summed E-state index contributed by atoms with van der Waals surface area (Å²) >= 11 is 0. The largest absolute Gasteiger partial charge is 0.366 e. The van der Waals surface area contributed by atoms with Gasteiger partial charge in [0.2, 0.25) is 0 Å². The fourth-order valence-corrected chi connectivity index (χ4v) is 3.31. The van der Waals surface area contributed by atoms with Crippen molar-refractivity contribution in [2.75, 3.05) is 18.4 Å². The normalized spacial score (nSPS) is 17.4. The Kier molecular flexibility index (Phi) is 4.38. The molecule has 2 N–H and O–H groups in total. The Morgan fingerprint density at radius 3 is 3.00 bits per heavy atom. The van der Waals surface area contributed by atoms with Crippen LogP contribution >= 0.6 is 0 Å². The van der Waals surface area contributed by atoms with Crippen LogP contribution in [-0.2, 0) is 0 Å². The number of piperidine rings is 1. The van der Waals surface area contributed by atoms with E-state index in [1.807, 2.05) is 12.3 Å². The lowest BCUT2D eigenvalue weighted by Gasteiger charge is -2.24. The molecule has 1 atom stereocenters. The number of carbonyl (C=O) groups is 1. The van der Waals surface area contributed by atoms with Crippen molar-refractivity contribution in [1.82, 2.24) is 19.9 Å². The molecule has 0 aliphatic carbocycles. The van der Waals surface area contributed by atoms with E-state index < -0.39 is 5.82 Å². The van der Waals surface area contributed by atoms with Crippen LogP contribution in [0.25, 0.3) is 16.8 Å². The molecular formula is C19H20FN5O. The highest BCUT2D eigenvalue weighted by Gasteiger charge is 2.16. The lowest BCUT2D eigenvalue weighted by molar-refractivity contribution is 0.101. The average molecular weight is 353 g/mol. The molecule has 3 aromatic rings. The molecule has 4 rings (SSSR count). The van der Waals surface area contributed by atoms with Gasteiger partial charge in [0, 0.05) is 24.3 Å². The second kappa shape index (κ2) is 6.84. The average Bonchev–Trinajstić information content (AvgIpc) is 3.05. The quantitative estimate of drug-likeness (QED) is 0.706. The third-order valence-corrected chi connectivity index (χ3v) is 4.68. The highest BCUT2D eigenvalue weighted by atomic mass is 19.1. The van der Waals surface area contributed by atoms with Gasteiger partial charge in [-0.3, -0.25) is 4.79 Å². The molecule has 0 spiro atoms. The predicted octanol–water partition coefficient (Wildman–Crippen LogP) is 2.90. The van der Waals surface area contributed by atoms with Gasteiger partial charge in [0.1, 0.15) is 11.6 Å². The Morgan fingerprint density at radius 2 is 2.27 bits per heavy atom. The van der Waals surface area contributed by atoms with Crippen molar-refractivity contribution >= 4 is 17.2 Å². The number of carbonyl (C=O) groups excluding carboxylic acids is 1. The van der Waals surface area contributed by atoms with Gasteiger partial charge >= 0.3 is 0 Å². The maximum atomic E-state index is 14.2. The van der Waals surface area contributed by atoms with Gasteiger partial charge in [-0.15, -0.1) is 0 Å². The molecule has 0 saturated carbocycles. The molecule has 2 aromatic heterocycles. The van der Waals surface area contributed by atoms with Crippen LogP contribution in [-0.4, -0.2) is 39.5 Å². The molecule has 134 valence electrons. The van der Waals surface area contributed by atoms with Crippen molar-refractivity contribution in [1.29, 1.82) is 0 Å². The van der Waals surface area contributed by atoms with E-state index in [1.165, 1.54) is 19.1 Å². The fraction of sp³-hybridized carbons (Fsp3) is 0.316. The maximum Gasteiger partial charge on any atom is 0.165 e. The number of nitrogens with zero attached hydrogens (tertiary/aromatic N) is 3. The lowest BCUT2D eigenvalue weighted by atomic mass is 10.0. The van der Waals surface area contributed by atoms with Crippen LogP contribution in [0.1, 0.15) is 30.1 Å². The zero-order valence-electron chi connectivity index (χ0n) is 14.5.